The third-order valence-corrected chi connectivity index (χ3v) is 4.54. The van der Waals surface area contributed by atoms with Crippen LogP contribution in [0.3, 0.4) is 0 Å². The highest BCUT2D eigenvalue weighted by Gasteiger charge is 2.27. The van der Waals surface area contributed by atoms with E-state index >= 15 is 0 Å². The van der Waals surface area contributed by atoms with Crippen LogP contribution >= 0.6 is 0 Å². The monoisotopic (exact) mass is 341 g/mol. The highest BCUT2D eigenvalue weighted by molar-refractivity contribution is 5.78. The highest BCUT2D eigenvalue weighted by Crippen LogP contribution is 2.18. The first-order valence-corrected chi connectivity index (χ1v) is 8.81. The second-order valence-corrected chi connectivity index (χ2v) is 6.95. The van der Waals surface area contributed by atoms with Gasteiger partial charge in [0.1, 0.15) is 0 Å². The molecule has 0 spiro atoms. The number of carbonyl (C=O) groups excluding carboxylic acids is 1. The van der Waals surface area contributed by atoms with Crippen LogP contribution in [-0.2, 0) is 24.4 Å². The van der Waals surface area contributed by atoms with Crippen LogP contribution in [0, 0.1) is 5.92 Å². The fourth-order valence-corrected chi connectivity index (χ4v) is 3.21. The third-order valence-electron chi connectivity index (χ3n) is 4.54. The van der Waals surface area contributed by atoms with Crippen molar-refractivity contribution < 1.29 is 4.79 Å². The van der Waals surface area contributed by atoms with Gasteiger partial charge in [-0.15, -0.1) is 0 Å². The third kappa shape index (κ3) is 4.90. The Labute approximate surface area is 149 Å². The lowest BCUT2D eigenvalue weighted by Gasteiger charge is -2.23. The Morgan fingerprint density at radius 1 is 1.24 bits per heavy atom. The summed E-state index contributed by atoms with van der Waals surface area (Å²) in [4.78, 5) is 17.1. The number of nitrogens with one attached hydrogen (secondary N) is 1. The van der Waals surface area contributed by atoms with Crippen LogP contribution in [0.1, 0.15) is 11.3 Å². The number of aromatic nitrogens is 2. The maximum Gasteiger partial charge on any atom is 0.226 e. The number of fused-ring (bicyclic) bond motifs is 1. The van der Waals surface area contributed by atoms with E-state index in [0.717, 1.165) is 26.2 Å². The van der Waals surface area contributed by atoms with Gasteiger partial charge in [0.05, 0.1) is 18.2 Å². The van der Waals surface area contributed by atoms with E-state index < -0.39 is 0 Å². The maximum atomic E-state index is 12.7. The molecule has 0 saturated heterocycles. The summed E-state index contributed by atoms with van der Waals surface area (Å²) in [5.41, 5.74) is 2.43. The van der Waals surface area contributed by atoms with Crippen LogP contribution < -0.4 is 5.32 Å². The summed E-state index contributed by atoms with van der Waals surface area (Å²) in [5, 5.41) is 7.47. The summed E-state index contributed by atoms with van der Waals surface area (Å²) >= 11 is 0. The summed E-state index contributed by atoms with van der Waals surface area (Å²) < 4.78 is 1.97. The van der Waals surface area contributed by atoms with Gasteiger partial charge in [-0.25, -0.2) is 0 Å². The van der Waals surface area contributed by atoms with Crippen molar-refractivity contribution in [1.29, 1.82) is 0 Å². The second-order valence-electron chi connectivity index (χ2n) is 6.95. The van der Waals surface area contributed by atoms with Crippen LogP contribution in [-0.4, -0.2) is 59.2 Å². The Morgan fingerprint density at radius 2 is 2.04 bits per heavy atom. The van der Waals surface area contributed by atoms with Gasteiger partial charge < -0.3 is 10.2 Å². The van der Waals surface area contributed by atoms with Crippen LogP contribution in [0.4, 0.5) is 0 Å². The number of hydrogen-bond acceptors (Lipinski definition) is 4. The first kappa shape index (κ1) is 17.6. The van der Waals surface area contributed by atoms with Crippen molar-refractivity contribution in [3.8, 4) is 0 Å². The zero-order chi connectivity index (χ0) is 17.6. The zero-order valence-electron chi connectivity index (χ0n) is 15.1. The topological polar surface area (TPSA) is 53.4 Å². The predicted molar refractivity (Wildman–Crippen MR) is 97.8 cm³/mol. The summed E-state index contributed by atoms with van der Waals surface area (Å²) in [6.45, 7) is 4.56. The normalized spacial score (nSPS) is 18.0. The second kappa shape index (κ2) is 8.27. The van der Waals surface area contributed by atoms with Crippen LogP contribution in [0.15, 0.2) is 42.6 Å². The first-order chi connectivity index (χ1) is 12.1. The minimum absolute atomic E-state index is 0.0907. The fraction of sp³-hybridized carbons (Fsp3) is 0.474. The molecule has 6 nitrogen and oxygen atoms in total. The summed E-state index contributed by atoms with van der Waals surface area (Å²) in [7, 11) is 4.02. The number of amides is 1. The molecule has 2 aromatic rings. The van der Waals surface area contributed by atoms with Crippen molar-refractivity contribution in [2.45, 2.75) is 19.6 Å². The zero-order valence-corrected chi connectivity index (χ0v) is 15.1. The van der Waals surface area contributed by atoms with E-state index in [0.29, 0.717) is 13.1 Å². The van der Waals surface area contributed by atoms with Crippen molar-refractivity contribution in [3.63, 3.8) is 0 Å². The van der Waals surface area contributed by atoms with E-state index in [9.17, 15) is 4.79 Å². The smallest absolute Gasteiger partial charge is 0.226 e. The molecule has 1 atom stereocenters. The van der Waals surface area contributed by atoms with Crippen molar-refractivity contribution in [3.05, 3.63) is 53.9 Å². The van der Waals surface area contributed by atoms with E-state index in [4.69, 9.17) is 0 Å². The van der Waals surface area contributed by atoms with E-state index in [2.05, 4.69) is 44.5 Å². The number of benzene rings is 1. The molecule has 2 heterocycles. The maximum absolute atomic E-state index is 12.7. The van der Waals surface area contributed by atoms with Crippen LogP contribution in [0.25, 0.3) is 0 Å². The average Bonchev–Trinajstić information content (AvgIpc) is 2.94. The summed E-state index contributed by atoms with van der Waals surface area (Å²) in [6, 6.07) is 12.5. The number of rotatable bonds is 6. The molecular weight excluding hydrogens is 314 g/mol. The number of nitrogens with zero attached hydrogens (tertiary/aromatic N) is 4. The van der Waals surface area contributed by atoms with Gasteiger partial charge in [-0.3, -0.25) is 14.4 Å². The largest absolute Gasteiger partial charge is 0.354 e. The molecule has 3 rings (SSSR count). The van der Waals surface area contributed by atoms with Crippen molar-refractivity contribution in [2.24, 2.45) is 5.92 Å². The van der Waals surface area contributed by atoms with E-state index in [-0.39, 0.29) is 11.8 Å². The lowest BCUT2D eigenvalue weighted by Crippen LogP contribution is -2.41. The fourth-order valence-electron chi connectivity index (χ4n) is 3.21. The van der Waals surface area contributed by atoms with E-state index in [1.807, 2.05) is 37.1 Å². The molecule has 0 aliphatic carbocycles. The molecule has 1 unspecified atom stereocenters. The lowest BCUT2D eigenvalue weighted by molar-refractivity contribution is -0.126. The van der Waals surface area contributed by atoms with Crippen molar-refractivity contribution in [1.82, 2.24) is 24.9 Å². The van der Waals surface area contributed by atoms with Gasteiger partial charge in [-0.05, 0) is 25.7 Å². The number of hydrogen-bond donors (Lipinski definition) is 1. The standard InChI is InChI=1S/C19H27N5O/c1-22(2)11-10-20-19(25)17-13-23(12-16-6-4-3-5-7-16)15-18-8-9-21-24(18)14-17/h3-9,17H,10-15H2,1-2H3,(H,20,25). The molecule has 1 aromatic heterocycles. The van der Waals surface area contributed by atoms with Gasteiger partial charge in [0, 0.05) is 38.9 Å². The summed E-state index contributed by atoms with van der Waals surface area (Å²) in [6.07, 6.45) is 1.82. The Hall–Kier alpha value is -2.18. The molecule has 1 amide bonds. The molecule has 1 aromatic carbocycles. The van der Waals surface area contributed by atoms with E-state index in [1.165, 1.54) is 11.3 Å². The minimum Gasteiger partial charge on any atom is -0.354 e. The quantitative estimate of drug-likeness (QED) is 0.858. The Morgan fingerprint density at radius 3 is 2.80 bits per heavy atom. The molecule has 0 bridgehead atoms. The Kier molecular flexibility index (Phi) is 5.83. The SMILES string of the molecule is CN(C)CCNC(=O)C1CN(Cc2ccccc2)Cc2ccnn2C1. The van der Waals surface area contributed by atoms with Gasteiger partial charge in [0.15, 0.2) is 0 Å². The molecular formula is C19H27N5O. The highest BCUT2D eigenvalue weighted by atomic mass is 16.1. The average molecular weight is 341 g/mol. The summed E-state index contributed by atoms with van der Waals surface area (Å²) in [5.74, 6) is 0.0234. The van der Waals surface area contributed by atoms with Crippen molar-refractivity contribution in [2.75, 3.05) is 33.7 Å². The molecule has 1 N–H and O–H groups in total. The van der Waals surface area contributed by atoms with Gasteiger partial charge in [-0.2, -0.15) is 5.10 Å². The van der Waals surface area contributed by atoms with Gasteiger partial charge in [-0.1, -0.05) is 30.3 Å². The number of likely N-dealkylation sites (N-methyl/N-ethyl adjacent to an activating group) is 1. The van der Waals surface area contributed by atoms with Crippen LogP contribution in [0.5, 0.6) is 0 Å². The van der Waals surface area contributed by atoms with Crippen molar-refractivity contribution >= 4 is 5.91 Å². The molecule has 134 valence electrons. The molecule has 0 fully saturated rings. The molecule has 6 heteroatoms. The Bertz CT molecular complexity index is 682. The number of carbonyl (C=O) groups is 1. The van der Waals surface area contributed by atoms with Gasteiger partial charge in [0.25, 0.3) is 0 Å². The molecule has 1 aliphatic heterocycles. The van der Waals surface area contributed by atoms with Gasteiger partial charge >= 0.3 is 0 Å². The van der Waals surface area contributed by atoms with Gasteiger partial charge in [0.2, 0.25) is 5.91 Å². The molecule has 1 aliphatic rings. The molecule has 0 saturated carbocycles. The lowest BCUT2D eigenvalue weighted by atomic mass is 10.1. The molecule has 25 heavy (non-hydrogen) atoms. The van der Waals surface area contributed by atoms with Crippen LogP contribution in [0.2, 0.25) is 0 Å². The first-order valence-electron chi connectivity index (χ1n) is 8.81. The molecule has 0 radical (unpaired) electrons. The minimum atomic E-state index is -0.0907. The Balaban J connectivity index is 1.69. The predicted octanol–water partition coefficient (Wildman–Crippen LogP) is 1.19. The van der Waals surface area contributed by atoms with E-state index in [1.54, 1.807) is 0 Å².